The highest BCUT2D eigenvalue weighted by atomic mass is 19.1. The second kappa shape index (κ2) is 6.96. The quantitative estimate of drug-likeness (QED) is 0.829. The lowest BCUT2D eigenvalue weighted by atomic mass is 9.78. The maximum Gasteiger partial charge on any atom is 0.495 e. The molecule has 1 aliphatic heterocycles. The maximum absolute atomic E-state index is 14.7. The van der Waals surface area contributed by atoms with Gasteiger partial charge in [-0.3, -0.25) is 4.79 Å². The number of halogens is 1. The standard InChI is InChI=1S/C18H27BFNO4/c1-11(2)10-21-16(22)15-13(20)8-12(9-14(15)23-7)19-24-17(3,4)18(5,6)25-19/h8-9,11H,10H2,1-7H3,(H,21,22). The molecule has 0 aliphatic carbocycles. The van der Waals surface area contributed by atoms with Crippen LogP contribution in [0.3, 0.4) is 0 Å². The van der Waals surface area contributed by atoms with E-state index in [0.717, 1.165) is 0 Å². The summed E-state index contributed by atoms with van der Waals surface area (Å²) in [5.74, 6) is -0.734. The van der Waals surface area contributed by atoms with E-state index in [1.807, 2.05) is 41.5 Å². The number of nitrogens with one attached hydrogen (secondary N) is 1. The number of carbonyl (C=O) groups excluding carboxylic acids is 1. The Morgan fingerprint density at radius 1 is 1.24 bits per heavy atom. The van der Waals surface area contributed by atoms with Crippen LogP contribution in [0.4, 0.5) is 4.39 Å². The van der Waals surface area contributed by atoms with E-state index in [4.69, 9.17) is 14.0 Å². The van der Waals surface area contributed by atoms with Gasteiger partial charge in [0, 0.05) is 6.54 Å². The first kappa shape index (κ1) is 19.7. The van der Waals surface area contributed by atoms with Gasteiger partial charge in [0.05, 0.1) is 18.3 Å². The van der Waals surface area contributed by atoms with Crippen molar-refractivity contribution in [1.29, 1.82) is 0 Å². The summed E-state index contributed by atoms with van der Waals surface area (Å²) in [6.45, 7) is 12.1. The summed E-state index contributed by atoms with van der Waals surface area (Å²) in [5.41, 5.74) is -0.694. The van der Waals surface area contributed by atoms with Crippen LogP contribution in [0.1, 0.15) is 51.9 Å². The molecule has 138 valence electrons. The van der Waals surface area contributed by atoms with E-state index in [2.05, 4.69) is 5.32 Å². The third-order valence-corrected chi connectivity index (χ3v) is 4.72. The van der Waals surface area contributed by atoms with Gasteiger partial charge in [-0.1, -0.05) is 13.8 Å². The fourth-order valence-electron chi connectivity index (χ4n) is 2.48. The van der Waals surface area contributed by atoms with Crippen molar-refractivity contribution in [3.05, 3.63) is 23.5 Å². The summed E-state index contributed by atoms with van der Waals surface area (Å²) in [6.07, 6.45) is 0. The third-order valence-electron chi connectivity index (χ3n) is 4.72. The summed E-state index contributed by atoms with van der Waals surface area (Å²) in [5, 5.41) is 2.71. The summed E-state index contributed by atoms with van der Waals surface area (Å²) >= 11 is 0. The van der Waals surface area contributed by atoms with Crippen LogP contribution >= 0.6 is 0 Å². The van der Waals surface area contributed by atoms with Gasteiger partial charge in [0.25, 0.3) is 5.91 Å². The monoisotopic (exact) mass is 351 g/mol. The normalized spacial score (nSPS) is 18.5. The Labute approximate surface area is 149 Å². The summed E-state index contributed by atoms with van der Waals surface area (Å²) in [4.78, 5) is 12.3. The molecule has 5 nitrogen and oxygen atoms in total. The van der Waals surface area contributed by atoms with Gasteiger partial charge >= 0.3 is 7.12 Å². The fourth-order valence-corrected chi connectivity index (χ4v) is 2.48. The lowest BCUT2D eigenvalue weighted by Gasteiger charge is -2.32. The van der Waals surface area contributed by atoms with Gasteiger partial charge in [0.1, 0.15) is 17.1 Å². The van der Waals surface area contributed by atoms with Gasteiger partial charge in [0.2, 0.25) is 0 Å². The van der Waals surface area contributed by atoms with E-state index < -0.39 is 30.0 Å². The number of amides is 1. The van der Waals surface area contributed by atoms with Crippen LogP contribution in [-0.2, 0) is 9.31 Å². The number of hydrogen-bond acceptors (Lipinski definition) is 4. The molecule has 0 radical (unpaired) electrons. The molecule has 0 unspecified atom stereocenters. The van der Waals surface area contributed by atoms with Gasteiger partial charge in [-0.2, -0.15) is 0 Å². The van der Waals surface area contributed by atoms with E-state index in [9.17, 15) is 9.18 Å². The van der Waals surface area contributed by atoms with E-state index in [1.54, 1.807) is 6.07 Å². The van der Waals surface area contributed by atoms with Crippen molar-refractivity contribution in [3.63, 3.8) is 0 Å². The van der Waals surface area contributed by atoms with E-state index in [0.29, 0.717) is 12.0 Å². The van der Waals surface area contributed by atoms with Crippen LogP contribution in [0.5, 0.6) is 5.75 Å². The molecule has 0 spiro atoms. The first-order valence-electron chi connectivity index (χ1n) is 8.50. The molecule has 0 aromatic heterocycles. The molecule has 1 heterocycles. The summed E-state index contributed by atoms with van der Waals surface area (Å²) < 4.78 is 31.8. The Balaban J connectivity index is 2.33. The maximum atomic E-state index is 14.7. The Hall–Kier alpha value is -1.60. The van der Waals surface area contributed by atoms with Gasteiger partial charge < -0.3 is 19.4 Å². The second-order valence-electron chi connectivity index (χ2n) is 7.77. The Morgan fingerprint density at radius 2 is 1.80 bits per heavy atom. The molecule has 7 heteroatoms. The summed E-state index contributed by atoms with van der Waals surface area (Å²) in [7, 11) is 0.684. The van der Waals surface area contributed by atoms with Crippen LogP contribution in [0.2, 0.25) is 0 Å². The van der Waals surface area contributed by atoms with Gasteiger partial charge in [-0.05, 0) is 51.2 Å². The number of hydrogen-bond donors (Lipinski definition) is 1. The SMILES string of the molecule is COc1cc(B2OC(C)(C)C(C)(C)O2)cc(F)c1C(=O)NCC(C)C. The molecule has 0 bridgehead atoms. The van der Waals surface area contributed by atoms with Crippen LogP contribution < -0.4 is 15.5 Å². The van der Waals surface area contributed by atoms with Crippen molar-refractivity contribution in [3.8, 4) is 5.75 Å². The molecule has 0 atom stereocenters. The molecular formula is C18H27BFNO4. The Morgan fingerprint density at radius 3 is 2.28 bits per heavy atom. The molecule has 1 fully saturated rings. The first-order valence-corrected chi connectivity index (χ1v) is 8.50. The van der Waals surface area contributed by atoms with Crippen molar-refractivity contribution in [2.24, 2.45) is 5.92 Å². The molecule has 0 saturated carbocycles. The fraction of sp³-hybridized carbons (Fsp3) is 0.611. The predicted molar refractivity (Wildman–Crippen MR) is 95.8 cm³/mol. The number of benzene rings is 1. The highest BCUT2D eigenvalue weighted by molar-refractivity contribution is 6.62. The third kappa shape index (κ3) is 3.98. The highest BCUT2D eigenvalue weighted by Gasteiger charge is 2.52. The van der Waals surface area contributed by atoms with Gasteiger partial charge in [-0.25, -0.2) is 4.39 Å². The zero-order chi connectivity index (χ0) is 19.0. The van der Waals surface area contributed by atoms with Crippen LogP contribution in [0.25, 0.3) is 0 Å². The molecule has 1 saturated heterocycles. The van der Waals surface area contributed by atoms with Crippen LogP contribution in [0, 0.1) is 11.7 Å². The largest absolute Gasteiger partial charge is 0.496 e. The van der Waals surface area contributed by atoms with Gasteiger partial charge in [0.15, 0.2) is 0 Å². The Kier molecular flexibility index (Phi) is 5.49. The number of methoxy groups -OCH3 is 1. The molecular weight excluding hydrogens is 324 g/mol. The Bertz CT molecular complexity index is 645. The van der Waals surface area contributed by atoms with Crippen molar-refractivity contribution in [2.45, 2.75) is 52.7 Å². The van der Waals surface area contributed by atoms with E-state index in [1.165, 1.54) is 13.2 Å². The zero-order valence-corrected chi connectivity index (χ0v) is 16.0. The molecule has 2 rings (SSSR count). The van der Waals surface area contributed by atoms with Gasteiger partial charge in [-0.15, -0.1) is 0 Å². The molecule has 1 aromatic carbocycles. The molecule has 1 N–H and O–H groups in total. The van der Waals surface area contributed by atoms with Crippen LogP contribution in [0.15, 0.2) is 12.1 Å². The van der Waals surface area contributed by atoms with E-state index >= 15 is 0 Å². The average Bonchev–Trinajstić information content (AvgIpc) is 2.72. The molecule has 1 aliphatic rings. The van der Waals surface area contributed by atoms with Crippen molar-refractivity contribution in [2.75, 3.05) is 13.7 Å². The number of ether oxygens (including phenoxy) is 1. The lowest BCUT2D eigenvalue weighted by molar-refractivity contribution is 0.00578. The minimum absolute atomic E-state index is 0.108. The second-order valence-corrected chi connectivity index (χ2v) is 7.77. The number of carbonyl (C=O) groups is 1. The minimum Gasteiger partial charge on any atom is -0.496 e. The molecule has 1 aromatic rings. The number of rotatable bonds is 5. The topological polar surface area (TPSA) is 56.8 Å². The zero-order valence-electron chi connectivity index (χ0n) is 16.0. The highest BCUT2D eigenvalue weighted by Crippen LogP contribution is 2.37. The smallest absolute Gasteiger partial charge is 0.495 e. The minimum atomic E-state index is -0.721. The van der Waals surface area contributed by atoms with E-state index in [-0.39, 0.29) is 17.2 Å². The van der Waals surface area contributed by atoms with Crippen molar-refractivity contribution in [1.82, 2.24) is 5.32 Å². The lowest BCUT2D eigenvalue weighted by Crippen LogP contribution is -2.41. The van der Waals surface area contributed by atoms with Crippen LogP contribution in [-0.4, -0.2) is 37.9 Å². The van der Waals surface area contributed by atoms with Crippen molar-refractivity contribution >= 4 is 18.5 Å². The average molecular weight is 351 g/mol. The first-order chi connectivity index (χ1) is 11.5. The predicted octanol–water partition coefficient (Wildman–Crippen LogP) is 2.52. The summed E-state index contributed by atoms with van der Waals surface area (Å²) in [6, 6.07) is 2.87. The molecule has 1 amide bonds. The molecule has 25 heavy (non-hydrogen) atoms. The van der Waals surface area contributed by atoms with Crippen molar-refractivity contribution < 1.29 is 23.2 Å².